The van der Waals surface area contributed by atoms with E-state index >= 15 is 0 Å². The fraction of sp³-hybridized carbons (Fsp3) is 0.333. The lowest BCUT2D eigenvalue weighted by atomic mass is 9.96. The number of nitrogens with one attached hydrogen (secondary N) is 2. The highest BCUT2D eigenvalue weighted by Crippen LogP contribution is 2.13. The molecular formula is C21H25N5O3. The van der Waals surface area contributed by atoms with Crippen molar-refractivity contribution in [2.75, 3.05) is 11.9 Å². The van der Waals surface area contributed by atoms with Gasteiger partial charge in [0.05, 0.1) is 6.54 Å². The Kier molecular flexibility index (Phi) is 5.81. The van der Waals surface area contributed by atoms with Gasteiger partial charge in [0.15, 0.2) is 5.65 Å². The van der Waals surface area contributed by atoms with E-state index in [4.69, 9.17) is 0 Å². The fourth-order valence-electron chi connectivity index (χ4n) is 2.77. The minimum atomic E-state index is -0.485. The van der Waals surface area contributed by atoms with E-state index in [1.807, 2.05) is 45.0 Å². The van der Waals surface area contributed by atoms with Gasteiger partial charge in [0.2, 0.25) is 11.8 Å². The molecule has 3 rings (SSSR count). The second-order valence-electron chi connectivity index (χ2n) is 7.87. The average Bonchev–Trinajstić information content (AvgIpc) is 2.97. The molecule has 2 aromatic heterocycles. The molecule has 29 heavy (non-hydrogen) atoms. The number of amides is 2. The summed E-state index contributed by atoms with van der Waals surface area (Å²) in [6.07, 6.45) is 1.86. The molecule has 0 saturated heterocycles. The second-order valence-corrected chi connectivity index (χ2v) is 7.87. The third-order valence-corrected chi connectivity index (χ3v) is 4.35. The Morgan fingerprint density at radius 2 is 1.90 bits per heavy atom. The van der Waals surface area contributed by atoms with E-state index in [0.29, 0.717) is 17.9 Å². The summed E-state index contributed by atoms with van der Waals surface area (Å²) >= 11 is 0. The molecule has 0 aliphatic carbocycles. The van der Waals surface area contributed by atoms with Gasteiger partial charge in [0.25, 0.3) is 0 Å². The van der Waals surface area contributed by atoms with Crippen molar-refractivity contribution in [1.82, 2.24) is 19.5 Å². The van der Waals surface area contributed by atoms with E-state index in [1.165, 1.54) is 9.08 Å². The maximum atomic E-state index is 12.4. The van der Waals surface area contributed by atoms with Crippen LogP contribution >= 0.6 is 0 Å². The molecule has 0 aliphatic heterocycles. The molecule has 2 amide bonds. The zero-order chi connectivity index (χ0) is 21.0. The summed E-state index contributed by atoms with van der Waals surface area (Å²) in [4.78, 5) is 36.4. The van der Waals surface area contributed by atoms with Gasteiger partial charge in [0, 0.05) is 30.3 Å². The van der Waals surface area contributed by atoms with Gasteiger partial charge in [0.1, 0.15) is 0 Å². The fourth-order valence-corrected chi connectivity index (χ4v) is 2.77. The predicted octanol–water partition coefficient (Wildman–Crippen LogP) is 2.04. The van der Waals surface area contributed by atoms with Crippen LogP contribution in [-0.2, 0) is 16.1 Å². The highest BCUT2D eigenvalue weighted by atomic mass is 16.2. The first-order valence-electron chi connectivity index (χ1n) is 9.45. The normalized spacial score (nSPS) is 11.4. The van der Waals surface area contributed by atoms with Crippen molar-refractivity contribution in [2.45, 2.75) is 33.7 Å². The number of anilines is 1. The molecule has 0 unspecified atom stereocenters. The van der Waals surface area contributed by atoms with E-state index in [1.54, 1.807) is 24.4 Å². The van der Waals surface area contributed by atoms with E-state index in [2.05, 4.69) is 15.7 Å². The van der Waals surface area contributed by atoms with Gasteiger partial charge in [-0.1, -0.05) is 39.0 Å². The average molecular weight is 395 g/mol. The first kappa shape index (κ1) is 20.3. The van der Waals surface area contributed by atoms with Crippen molar-refractivity contribution in [3.8, 4) is 0 Å². The number of hydrogen-bond acceptors (Lipinski definition) is 4. The molecule has 0 radical (unpaired) electrons. The third-order valence-electron chi connectivity index (χ3n) is 4.35. The third kappa shape index (κ3) is 5.10. The van der Waals surface area contributed by atoms with Crippen LogP contribution in [0.15, 0.2) is 53.5 Å². The zero-order valence-electron chi connectivity index (χ0n) is 16.8. The number of pyridine rings is 1. The number of aromatic nitrogens is 3. The maximum Gasteiger partial charge on any atom is 0.350 e. The lowest BCUT2D eigenvalue weighted by molar-refractivity contribution is -0.128. The smallest absolute Gasteiger partial charge is 0.350 e. The Morgan fingerprint density at radius 1 is 1.10 bits per heavy atom. The van der Waals surface area contributed by atoms with Gasteiger partial charge in [-0.2, -0.15) is 0 Å². The molecule has 3 aromatic rings. The van der Waals surface area contributed by atoms with Gasteiger partial charge < -0.3 is 10.6 Å². The molecule has 0 saturated carbocycles. The molecule has 0 aliphatic rings. The Labute approximate surface area is 168 Å². The van der Waals surface area contributed by atoms with Crippen molar-refractivity contribution in [2.24, 2.45) is 5.41 Å². The van der Waals surface area contributed by atoms with Crippen LogP contribution in [0.4, 0.5) is 5.69 Å². The Hall–Kier alpha value is -3.42. The van der Waals surface area contributed by atoms with Crippen LogP contribution < -0.4 is 16.3 Å². The zero-order valence-corrected chi connectivity index (χ0v) is 16.8. The maximum absolute atomic E-state index is 12.4. The van der Waals surface area contributed by atoms with Crippen molar-refractivity contribution >= 4 is 23.1 Å². The summed E-state index contributed by atoms with van der Waals surface area (Å²) in [5.74, 6) is -0.286. The van der Waals surface area contributed by atoms with E-state index in [9.17, 15) is 14.4 Å². The number of carbonyl (C=O) groups excluding carboxylic acids is 2. The number of rotatable bonds is 6. The van der Waals surface area contributed by atoms with Crippen LogP contribution in [0.3, 0.4) is 0 Å². The minimum Gasteiger partial charge on any atom is -0.355 e. The standard InChI is InChI=1S/C21H25N5O3/c1-21(2,3)19(28)22-11-10-18(27)23-16-8-6-7-15(13-16)14-26-20(29)25-12-5-4-9-17(25)24-26/h4-9,12-13H,10-11,14H2,1-3H3,(H,22,28)(H,23,27). The van der Waals surface area contributed by atoms with Crippen LogP contribution in [0.2, 0.25) is 0 Å². The van der Waals surface area contributed by atoms with Crippen LogP contribution in [0.5, 0.6) is 0 Å². The molecule has 0 atom stereocenters. The molecule has 0 spiro atoms. The van der Waals surface area contributed by atoms with Gasteiger partial charge >= 0.3 is 5.69 Å². The highest BCUT2D eigenvalue weighted by Gasteiger charge is 2.20. The number of fused-ring (bicyclic) bond motifs is 1. The summed E-state index contributed by atoms with van der Waals surface area (Å²) < 4.78 is 2.87. The molecule has 1 aromatic carbocycles. The Balaban J connectivity index is 1.60. The quantitative estimate of drug-likeness (QED) is 0.667. The Bertz CT molecular complexity index is 1090. The van der Waals surface area contributed by atoms with Gasteiger partial charge in [-0.25, -0.2) is 9.48 Å². The largest absolute Gasteiger partial charge is 0.355 e. The molecule has 8 nitrogen and oxygen atoms in total. The number of carbonyl (C=O) groups is 2. The molecule has 0 fully saturated rings. The first-order chi connectivity index (χ1) is 13.7. The summed E-state index contributed by atoms with van der Waals surface area (Å²) in [5.41, 5.74) is 1.35. The van der Waals surface area contributed by atoms with Crippen molar-refractivity contribution < 1.29 is 9.59 Å². The van der Waals surface area contributed by atoms with Crippen LogP contribution in [0.1, 0.15) is 32.8 Å². The molecule has 2 N–H and O–H groups in total. The first-order valence-corrected chi connectivity index (χ1v) is 9.45. The van der Waals surface area contributed by atoms with Crippen LogP contribution in [-0.4, -0.2) is 32.5 Å². The van der Waals surface area contributed by atoms with Crippen LogP contribution in [0, 0.1) is 5.41 Å². The number of benzene rings is 1. The lowest BCUT2D eigenvalue weighted by Gasteiger charge is -2.17. The molecule has 2 heterocycles. The monoisotopic (exact) mass is 395 g/mol. The number of nitrogens with zero attached hydrogens (tertiary/aromatic N) is 3. The lowest BCUT2D eigenvalue weighted by Crippen LogP contribution is -2.36. The minimum absolute atomic E-state index is 0.0924. The predicted molar refractivity (Wildman–Crippen MR) is 111 cm³/mol. The topological polar surface area (TPSA) is 97.5 Å². The van der Waals surface area contributed by atoms with Gasteiger partial charge in [-0.3, -0.25) is 14.0 Å². The molecular weight excluding hydrogens is 370 g/mol. The molecule has 0 bridgehead atoms. The van der Waals surface area contributed by atoms with E-state index in [0.717, 1.165) is 5.56 Å². The molecule has 8 heteroatoms. The summed E-state index contributed by atoms with van der Waals surface area (Å²) in [6.45, 7) is 6.04. The molecule has 152 valence electrons. The summed E-state index contributed by atoms with van der Waals surface area (Å²) in [5, 5.41) is 9.89. The SMILES string of the molecule is CC(C)(C)C(=O)NCCC(=O)Nc1cccc(Cn2nc3ccccn3c2=O)c1. The van der Waals surface area contributed by atoms with Crippen LogP contribution in [0.25, 0.3) is 5.65 Å². The van der Waals surface area contributed by atoms with Crippen molar-refractivity contribution in [3.63, 3.8) is 0 Å². The van der Waals surface area contributed by atoms with E-state index in [-0.39, 0.29) is 30.5 Å². The van der Waals surface area contributed by atoms with Gasteiger partial charge in [-0.15, -0.1) is 5.10 Å². The van der Waals surface area contributed by atoms with Gasteiger partial charge in [-0.05, 0) is 29.8 Å². The van der Waals surface area contributed by atoms with E-state index < -0.39 is 5.41 Å². The van der Waals surface area contributed by atoms with Crippen molar-refractivity contribution in [1.29, 1.82) is 0 Å². The second kappa shape index (κ2) is 8.30. The summed E-state index contributed by atoms with van der Waals surface area (Å²) in [6, 6.07) is 12.6. The number of hydrogen-bond donors (Lipinski definition) is 2. The van der Waals surface area contributed by atoms with Crippen molar-refractivity contribution in [3.05, 3.63) is 64.7 Å². The highest BCUT2D eigenvalue weighted by molar-refractivity contribution is 5.91. The Morgan fingerprint density at radius 3 is 2.62 bits per heavy atom. The summed E-state index contributed by atoms with van der Waals surface area (Å²) in [7, 11) is 0.